The van der Waals surface area contributed by atoms with Crippen molar-refractivity contribution in [1.82, 2.24) is 0 Å². The van der Waals surface area contributed by atoms with Gasteiger partial charge in [0.2, 0.25) is 0 Å². The van der Waals surface area contributed by atoms with E-state index in [1.807, 2.05) is 24.3 Å². The number of carboxylic acids is 1. The van der Waals surface area contributed by atoms with E-state index in [2.05, 4.69) is 18.2 Å². The lowest BCUT2D eigenvalue weighted by molar-refractivity contribution is -0.137. The first-order chi connectivity index (χ1) is 13.1. The molecule has 0 amide bonds. The van der Waals surface area contributed by atoms with E-state index in [0.29, 0.717) is 12.3 Å². The molecule has 3 N–H and O–H groups in total. The number of carboxylic acid groups (broad SMARTS) is 1. The fourth-order valence-electron chi connectivity index (χ4n) is 4.11. The number of allylic oxidation sites excluding steroid dienone is 2. The minimum atomic E-state index is -0.750. The fraction of sp³-hybridized carbons (Fsp3) is 0.609. The molecule has 0 saturated heterocycles. The van der Waals surface area contributed by atoms with Crippen molar-refractivity contribution in [3.8, 4) is 0 Å². The molecule has 1 aromatic carbocycles. The van der Waals surface area contributed by atoms with Crippen LogP contribution in [0.25, 0.3) is 0 Å². The minimum absolute atomic E-state index is 0.208. The number of aliphatic carboxylic acids is 1. The third-order valence-electron chi connectivity index (χ3n) is 5.75. The van der Waals surface area contributed by atoms with Crippen molar-refractivity contribution >= 4 is 5.97 Å². The highest BCUT2D eigenvalue weighted by molar-refractivity contribution is 5.66. The second kappa shape index (κ2) is 11.9. The molecule has 0 radical (unpaired) electrons. The van der Waals surface area contributed by atoms with Gasteiger partial charge in [-0.05, 0) is 75.2 Å². The molecule has 0 unspecified atom stereocenters. The molecule has 1 aliphatic rings. The number of rotatable bonds is 12. The van der Waals surface area contributed by atoms with Gasteiger partial charge < -0.3 is 15.3 Å². The van der Waals surface area contributed by atoms with Gasteiger partial charge in [-0.1, -0.05) is 42.5 Å². The van der Waals surface area contributed by atoms with Crippen molar-refractivity contribution in [2.45, 2.75) is 76.4 Å². The number of hydrogen-bond donors (Lipinski definition) is 3. The standard InChI is InChI=1S/C23H34O4/c24-20(15-12-18-8-4-3-5-9-18)16-13-19-14-17-22(25)21(19)10-6-1-2-7-11-23(26)27/h1,3-6,8-9,19-22,24-25H,2,7,10-17H2,(H,26,27)/b6-1-/t19-,20-,21+,22+/m0/s1. The van der Waals surface area contributed by atoms with Crippen LogP contribution < -0.4 is 0 Å². The Morgan fingerprint density at radius 3 is 2.67 bits per heavy atom. The topological polar surface area (TPSA) is 77.8 Å². The molecule has 0 bridgehead atoms. The molecular formula is C23H34O4. The second-order valence-corrected chi connectivity index (χ2v) is 7.82. The van der Waals surface area contributed by atoms with Crippen LogP contribution in [0.2, 0.25) is 0 Å². The van der Waals surface area contributed by atoms with Gasteiger partial charge in [0.1, 0.15) is 0 Å². The van der Waals surface area contributed by atoms with Gasteiger partial charge in [0.05, 0.1) is 12.2 Å². The largest absolute Gasteiger partial charge is 0.481 e. The molecule has 4 nitrogen and oxygen atoms in total. The Balaban J connectivity index is 1.67. The van der Waals surface area contributed by atoms with Gasteiger partial charge in [-0.3, -0.25) is 4.79 Å². The molecule has 4 atom stereocenters. The Hall–Kier alpha value is -1.65. The van der Waals surface area contributed by atoms with E-state index in [0.717, 1.165) is 51.4 Å². The Kier molecular flexibility index (Phi) is 9.57. The van der Waals surface area contributed by atoms with Crippen LogP contribution in [-0.4, -0.2) is 33.5 Å². The molecule has 0 heterocycles. The van der Waals surface area contributed by atoms with Gasteiger partial charge in [-0.2, -0.15) is 0 Å². The number of carbonyl (C=O) groups is 1. The van der Waals surface area contributed by atoms with Crippen molar-refractivity contribution in [3.05, 3.63) is 48.0 Å². The monoisotopic (exact) mass is 374 g/mol. The Morgan fingerprint density at radius 2 is 1.93 bits per heavy atom. The van der Waals surface area contributed by atoms with E-state index in [4.69, 9.17) is 5.11 Å². The van der Waals surface area contributed by atoms with E-state index < -0.39 is 5.97 Å². The summed E-state index contributed by atoms with van der Waals surface area (Å²) in [7, 11) is 0. The zero-order chi connectivity index (χ0) is 19.5. The summed E-state index contributed by atoms with van der Waals surface area (Å²) in [5.74, 6) is -0.0161. The fourth-order valence-corrected chi connectivity index (χ4v) is 4.11. The summed E-state index contributed by atoms with van der Waals surface area (Å²) in [6, 6.07) is 10.3. The number of aliphatic hydroxyl groups excluding tert-OH is 2. The molecule has 0 aliphatic heterocycles. The molecule has 1 aromatic rings. The molecule has 2 rings (SSSR count). The molecule has 1 saturated carbocycles. The smallest absolute Gasteiger partial charge is 0.303 e. The van der Waals surface area contributed by atoms with Crippen LogP contribution >= 0.6 is 0 Å². The third-order valence-corrected chi connectivity index (χ3v) is 5.75. The maximum absolute atomic E-state index is 10.5. The van der Waals surface area contributed by atoms with Gasteiger partial charge >= 0.3 is 5.97 Å². The van der Waals surface area contributed by atoms with E-state index in [9.17, 15) is 15.0 Å². The molecule has 1 aliphatic carbocycles. The lowest BCUT2D eigenvalue weighted by Gasteiger charge is -2.22. The summed E-state index contributed by atoms with van der Waals surface area (Å²) < 4.78 is 0. The van der Waals surface area contributed by atoms with Crippen molar-refractivity contribution < 1.29 is 20.1 Å². The summed E-state index contributed by atoms with van der Waals surface area (Å²) in [5, 5.41) is 29.2. The van der Waals surface area contributed by atoms with Crippen molar-refractivity contribution in [2.75, 3.05) is 0 Å². The molecule has 4 heteroatoms. The Morgan fingerprint density at radius 1 is 1.15 bits per heavy atom. The van der Waals surface area contributed by atoms with Crippen molar-refractivity contribution in [2.24, 2.45) is 11.8 Å². The molecule has 0 spiro atoms. The Labute approximate surface area is 162 Å². The van der Waals surface area contributed by atoms with Gasteiger partial charge in [0, 0.05) is 6.42 Å². The number of aryl methyl sites for hydroxylation is 1. The van der Waals surface area contributed by atoms with Crippen LogP contribution in [-0.2, 0) is 11.2 Å². The maximum Gasteiger partial charge on any atom is 0.303 e. The highest BCUT2D eigenvalue weighted by atomic mass is 16.4. The molecular weight excluding hydrogens is 340 g/mol. The van der Waals surface area contributed by atoms with E-state index in [-0.39, 0.29) is 24.5 Å². The summed E-state index contributed by atoms with van der Waals surface area (Å²) >= 11 is 0. The minimum Gasteiger partial charge on any atom is -0.481 e. The van der Waals surface area contributed by atoms with E-state index >= 15 is 0 Å². The van der Waals surface area contributed by atoms with E-state index in [1.54, 1.807) is 0 Å². The number of unbranched alkanes of at least 4 members (excludes halogenated alkanes) is 1. The third kappa shape index (κ3) is 8.27. The molecule has 0 aromatic heterocycles. The predicted octanol–water partition coefficient (Wildman–Crippen LogP) is 4.35. The average molecular weight is 375 g/mol. The van der Waals surface area contributed by atoms with E-state index in [1.165, 1.54) is 5.56 Å². The zero-order valence-electron chi connectivity index (χ0n) is 16.2. The summed E-state index contributed by atoms with van der Waals surface area (Å²) in [4.78, 5) is 10.5. The van der Waals surface area contributed by atoms with Gasteiger partial charge in [-0.25, -0.2) is 0 Å². The average Bonchev–Trinajstić information content (AvgIpc) is 3.01. The van der Waals surface area contributed by atoms with Crippen LogP contribution in [0.1, 0.15) is 63.4 Å². The van der Waals surface area contributed by atoms with Crippen LogP contribution in [0.4, 0.5) is 0 Å². The Bertz CT molecular complexity index is 569. The maximum atomic E-state index is 10.5. The van der Waals surface area contributed by atoms with Crippen molar-refractivity contribution in [3.63, 3.8) is 0 Å². The van der Waals surface area contributed by atoms with Gasteiger partial charge in [-0.15, -0.1) is 0 Å². The number of benzene rings is 1. The summed E-state index contributed by atoms with van der Waals surface area (Å²) in [6.45, 7) is 0. The zero-order valence-corrected chi connectivity index (χ0v) is 16.2. The van der Waals surface area contributed by atoms with Crippen LogP contribution in [0.15, 0.2) is 42.5 Å². The summed E-state index contributed by atoms with van der Waals surface area (Å²) in [6.07, 6.45) is 11.4. The van der Waals surface area contributed by atoms with Crippen LogP contribution in [0, 0.1) is 11.8 Å². The van der Waals surface area contributed by atoms with Crippen molar-refractivity contribution in [1.29, 1.82) is 0 Å². The normalized spacial score (nSPS) is 23.7. The molecule has 27 heavy (non-hydrogen) atoms. The highest BCUT2D eigenvalue weighted by Crippen LogP contribution is 2.38. The first-order valence-corrected chi connectivity index (χ1v) is 10.3. The van der Waals surface area contributed by atoms with Crippen LogP contribution in [0.5, 0.6) is 0 Å². The first kappa shape index (κ1) is 21.6. The van der Waals surface area contributed by atoms with Gasteiger partial charge in [0.25, 0.3) is 0 Å². The predicted molar refractivity (Wildman–Crippen MR) is 107 cm³/mol. The quantitative estimate of drug-likeness (QED) is 0.375. The second-order valence-electron chi connectivity index (χ2n) is 7.82. The number of aliphatic hydroxyl groups is 2. The summed E-state index contributed by atoms with van der Waals surface area (Å²) in [5.41, 5.74) is 1.26. The van der Waals surface area contributed by atoms with Gasteiger partial charge in [0.15, 0.2) is 0 Å². The first-order valence-electron chi connectivity index (χ1n) is 10.3. The number of hydrogen-bond acceptors (Lipinski definition) is 3. The van der Waals surface area contributed by atoms with Crippen LogP contribution in [0.3, 0.4) is 0 Å². The molecule has 150 valence electrons. The lowest BCUT2D eigenvalue weighted by Crippen LogP contribution is -2.20. The SMILES string of the molecule is O=C(O)CCC/C=C\C[C@@H]1[C@@H](CC[C@@H](O)CCc2ccccc2)CC[C@H]1O. The lowest BCUT2D eigenvalue weighted by atomic mass is 9.86. The highest BCUT2D eigenvalue weighted by Gasteiger charge is 2.33. The molecule has 1 fully saturated rings.